The van der Waals surface area contributed by atoms with E-state index in [1.54, 1.807) is 6.20 Å². The molecule has 0 saturated carbocycles. The van der Waals surface area contributed by atoms with Gasteiger partial charge in [-0.1, -0.05) is 36.4 Å². The summed E-state index contributed by atoms with van der Waals surface area (Å²) in [7, 11) is 0. The van der Waals surface area contributed by atoms with Crippen LogP contribution in [-0.2, 0) is 5.66 Å². The Balaban J connectivity index is 1.78. The second kappa shape index (κ2) is 6.03. The number of anilines is 2. The molecule has 0 radical (unpaired) electrons. The number of hydrogen-bond donors (Lipinski definition) is 3. The Kier molecular flexibility index (Phi) is 3.71. The molecule has 1 atom stereocenters. The normalized spacial score (nSPS) is 18.7. The standard InChI is InChI=1S/C20H19N5/c1-20(21)17-13-23-19(25-18-9-5-6-10-22-18)11-15(17)16(12-24-20)14-7-3-2-4-8-14/h2-13,24H,21H2,1H3,(H,22,23,25). The molecule has 3 heterocycles. The first-order chi connectivity index (χ1) is 12.1. The van der Waals surface area contributed by atoms with E-state index in [0.717, 1.165) is 33.9 Å². The first-order valence-corrected chi connectivity index (χ1v) is 8.15. The van der Waals surface area contributed by atoms with Gasteiger partial charge in [0.25, 0.3) is 0 Å². The van der Waals surface area contributed by atoms with Gasteiger partial charge in [-0.05, 0) is 36.2 Å². The van der Waals surface area contributed by atoms with E-state index in [4.69, 9.17) is 5.73 Å². The SMILES string of the molecule is CC1(N)NC=C(c2ccccc2)c2cc(Nc3ccccn3)ncc21. The van der Waals surface area contributed by atoms with E-state index in [0.29, 0.717) is 0 Å². The fourth-order valence-electron chi connectivity index (χ4n) is 2.96. The summed E-state index contributed by atoms with van der Waals surface area (Å²) in [6.07, 6.45) is 5.54. The van der Waals surface area contributed by atoms with Gasteiger partial charge in [-0.3, -0.25) is 0 Å². The molecular formula is C20H19N5. The molecule has 1 aromatic carbocycles. The van der Waals surface area contributed by atoms with E-state index < -0.39 is 5.66 Å². The second-order valence-corrected chi connectivity index (χ2v) is 6.23. The van der Waals surface area contributed by atoms with Gasteiger partial charge in [0.2, 0.25) is 0 Å². The minimum absolute atomic E-state index is 0.663. The van der Waals surface area contributed by atoms with Crippen LogP contribution >= 0.6 is 0 Å². The molecule has 0 bridgehead atoms. The lowest BCUT2D eigenvalue weighted by molar-refractivity contribution is 0.430. The Hall–Kier alpha value is -3.18. The van der Waals surface area contributed by atoms with Crippen LogP contribution in [0.1, 0.15) is 23.6 Å². The summed E-state index contributed by atoms with van der Waals surface area (Å²) in [5, 5.41) is 6.52. The van der Waals surface area contributed by atoms with Crippen molar-refractivity contribution in [3.63, 3.8) is 0 Å². The maximum atomic E-state index is 6.40. The number of aromatic nitrogens is 2. The first kappa shape index (κ1) is 15.4. The number of fused-ring (bicyclic) bond motifs is 1. The van der Waals surface area contributed by atoms with Gasteiger partial charge in [-0.15, -0.1) is 0 Å². The van der Waals surface area contributed by atoms with Gasteiger partial charge in [0.15, 0.2) is 0 Å². The number of benzene rings is 1. The van der Waals surface area contributed by atoms with Crippen LogP contribution in [0.25, 0.3) is 5.57 Å². The third kappa shape index (κ3) is 2.97. The maximum Gasteiger partial charge on any atom is 0.132 e. The Morgan fingerprint density at radius 2 is 1.80 bits per heavy atom. The largest absolute Gasteiger partial charge is 0.369 e. The predicted molar refractivity (Wildman–Crippen MR) is 100.0 cm³/mol. The molecule has 0 saturated heterocycles. The molecule has 4 N–H and O–H groups in total. The van der Waals surface area contributed by atoms with Crippen LogP contribution in [0.3, 0.4) is 0 Å². The number of hydrogen-bond acceptors (Lipinski definition) is 5. The highest BCUT2D eigenvalue weighted by Gasteiger charge is 2.29. The van der Waals surface area contributed by atoms with Crippen LogP contribution in [0.4, 0.5) is 11.6 Å². The van der Waals surface area contributed by atoms with Gasteiger partial charge >= 0.3 is 0 Å². The van der Waals surface area contributed by atoms with Crippen molar-refractivity contribution in [3.05, 3.63) is 89.9 Å². The summed E-state index contributed by atoms with van der Waals surface area (Å²) in [6.45, 7) is 1.94. The summed E-state index contributed by atoms with van der Waals surface area (Å²) in [4.78, 5) is 8.80. The molecule has 5 nitrogen and oxygen atoms in total. The summed E-state index contributed by atoms with van der Waals surface area (Å²) >= 11 is 0. The molecule has 0 spiro atoms. The molecular weight excluding hydrogens is 310 g/mol. The quantitative estimate of drug-likeness (QED) is 0.687. The second-order valence-electron chi connectivity index (χ2n) is 6.23. The number of nitrogens with two attached hydrogens (primary N) is 1. The smallest absolute Gasteiger partial charge is 0.132 e. The first-order valence-electron chi connectivity index (χ1n) is 8.15. The van der Waals surface area contributed by atoms with E-state index in [2.05, 4.69) is 32.7 Å². The van der Waals surface area contributed by atoms with Crippen molar-refractivity contribution in [3.8, 4) is 0 Å². The summed E-state index contributed by atoms with van der Waals surface area (Å²) < 4.78 is 0. The molecule has 4 rings (SSSR count). The highest BCUT2D eigenvalue weighted by atomic mass is 15.1. The van der Waals surface area contributed by atoms with Crippen molar-refractivity contribution >= 4 is 17.2 Å². The fourth-order valence-corrected chi connectivity index (χ4v) is 2.96. The van der Waals surface area contributed by atoms with E-state index in [-0.39, 0.29) is 0 Å². The van der Waals surface area contributed by atoms with Crippen molar-refractivity contribution in [1.29, 1.82) is 0 Å². The third-order valence-corrected chi connectivity index (χ3v) is 4.28. The number of pyridine rings is 2. The fraction of sp³-hybridized carbons (Fsp3) is 0.100. The van der Waals surface area contributed by atoms with Crippen molar-refractivity contribution in [2.24, 2.45) is 5.73 Å². The summed E-state index contributed by atoms with van der Waals surface area (Å²) in [6, 6.07) is 18.0. The monoisotopic (exact) mass is 329 g/mol. The van der Waals surface area contributed by atoms with E-state index in [9.17, 15) is 0 Å². The molecule has 5 heteroatoms. The van der Waals surface area contributed by atoms with Crippen molar-refractivity contribution in [2.75, 3.05) is 5.32 Å². The zero-order valence-corrected chi connectivity index (χ0v) is 13.9. The molecule has 1 unspecified atom stereocenters. The van der Waals surface area contributed by atoms with E-state index in [1.165, 1.54) is 0 Å². The van der Waals surface area contributed by atoms with Crippen LogP contribution in [-0.4, -0.2) is 9.97 Å². The Labute approximate surface area is 146 Å². The molecule has 0 amide bonds. The minimum atomic E-state index is -0.663. The predicted octanol–water partition coefficient (Wildman–Crippen LogP) is 3.34. The average molecular weight is 329 g/mol. The van der Waals surface area contributed by atoms with Gasteiger partial charge in [0.05, 0.1) is 0 Å². The Bertz CT molecular complexity index is 917. The van der Waals surface area contributed by atoms with Crippen molar-refractivity contribution in [1.82, 2.24) is 15.3 Å². The lowest BCUT2D eigenvalue weighted by Gasteiger charge is -2.33. The lowest BCUT2D eigenvalue weighted by atomic mass is 9.87. The summed E-state index contributed by atoms with van der Waals surface area (Å²) in [5.74, 6) is 1.49. The highest BCUT2D eigenvalue weighted by molar-refractivity contribution is 5.84. The molecule has 124 valence electrons. The minimum Gasteiger partial charge on any atom is -0.369 e. The van der Waals surface area contributed by atoms with Gasteiger partial charge in [-0.25, -0.2) is 9.97 Å². The number of nitrogens with zero attached hydrogens (tertiary/aromatic N) is 2. The molecule has 1 aliphatic heterocycles. The molecule has 25 heavy (non-hydrogen) atoms. The zero-order chi connectivity index (χ0) is 17.3. The molecule has 0 aliphatic carbocycles. The van der Waals surface area contributed by atoms with Crippen LogP contribution in [0, 0.1) is 0 Å². The van der Waals surface area contributed by atoms with Crippen LogP contribution < -0.4 is 16.4 Å². The van der Waals surface area contributed by atoms with E-state index in [1.807, 2.05) is 61.8 Å². The highest BCUT2D eigenvalue weighted by Crippen LogP contribution is 2.35. The maximum absolute atomic E-state index is 6.40. The topological polar surface area (TPSA) is 75.9 Å². The van der Waals surface area contributed by atoms with Crippen molar-refractivity contribution < 1.29 is 0 Å². The summed E-state index contributed by atoms with van der Waals surface area (Å²) in [5.41, 5.74) is 9.97. The molecule has 2 aromatic heterocycles. The third-order valence-electron chi connectivity index (χ3n) is 4.28. The van der Waals surface area contributed by atoms with Gasteiger partial charge < -0.3 is 16.4 Å². The van der Waals surface area contributed by atoms with Gasteiger partial charge in [0, 0.05) is 29.7 Å². The molecule has 0 fully saturated rings. The van der Waals surface area contributed by atoms with Crippen LogP contribution in [0.2, 0.25) is 0 Å². The van der Waals surface area contributed by atoms with E-state index >= 15 is 0 Å². The average Bonchev–Trinajstić information content (AvgIpc) is 2.63. The number of nitrogens with one attached hydrogen (secondary N) is 2. The lowest BCUT2D eigenvalue weighted by Crippen LogP contribution is -2.47. The van der Waals surface area contributed by atoms with Gasteiger partial charge in [-0.2, -0.15) is 0 Å². The number of rotatable bonds is 3. The molecule has 3 aromatic rings. The molecule has 1 aliphatic rings. The van der Waals surface area contributed by atoms with Gasteiger partial charge in [0.1, 0.15) is 17.3 Å². The zero-order valence-electron chi connectivity index (χ0n) is 13.9. The Morgan fingerprint density at radius 1 is 1.00 bits per heavy atom. The van der Waals surface area contributed by atoms with Crippen LogP contribution in [0.15, 0.2) is 73.2 Å². The van der Waals surface area contributed by atoms with Crippen molar-refractivity contribution in [2.45, 2.75) is 12.6 Å². The Morgan fingerprint density at radius 3 is 2.56 bits per heavy atom. The van der Waals surface area contributed by atoms with Crippen LogP contribution in [0.5, 0.6) is 0 Å².